The van der Waals surface area contributed by atoms with E-state index in [-0.39, 0.29) is 0 Å². The quantitative estimate of drug-likeness (QED) is 0.684. The Hall–Kier alpha value is -0.910. The van der Waals surface area contributed by atoms with Crippen LogP contribution in [-0.4, -0.2) is 55.7 Å². The molecule has 0 N–H and O–H groups in total. The molecule has 0 atom stereocenters. The van der Waals surface area contributed by atoms with Gasteiger partial charge in [-0.2, -0.15) is 0 Å². The lowest BCUT2D eigenvalue weighted by Gasteiger charge is -2.20. The van der Waals surface area contributed by atoms with E-state index in [1.807, 2.05) is 14.0 Å². The predicted molar refractivity (Wildman–Crippen MR) is 78.8 cm³/mol. The average molecular weight is 287 g/mol. The molecule has 1 aromatic heterocycles. The molecular formula is C13H23ClN4O. The molecule has 0 aliphatic heterocycles. The van der Waals surface area contributed by atoms with E-state index < -0.39 is 0 Å². The van der Waals surface area contributed by atoms with Gasteiger partial charge >= 0.3 is 0 Å². The first-order chi connectivity index (χ1) is 9.02. The maximum Gasteiger partial charge on any atom is 0.158 e. The Balaban J connectivity index is 2.62. The largest absolute Gasteiger partial charge is 0.374 e. The molecule has 0 aliphatic rings. The van der Waals surface area contributed by atoms with Crippen LogP contribution in [0.3, 0.4) is 0 Å². The Morgan fingerprint density at radius 1 is 1.21 bits per heavy atom. The highest BCUT2D eigenvalue weighted by molar-refractivity contribution is 6.29. The van der Waals surface area contributed by atoms with Gasteiger partial charge in [0.05, 0.1) is 0 Å². The Kier molecular flexibility index (Phi) is 7.05. The lowest BCUT2D eigenvalue weighted by atomic mass is 10.3. The van der Waals surface area contributed by atoms with Crippen molar-refractivity contribution >= 4 is 17.4 Å². The monoisotopic (exact) mass is 286 g/mol. The van der Waals surface area contributed by atoms with Gasteiger partial charge in [-0.1, -0.05) is 11.6 Å². The van der Waals surface area contributed by atoms with Gasteiger partial charge < -0.3 is 14.5 Å². The predicted octanol–water partition coefficient (Wildman–Crippen LogP) is 2.05. The molecule has 0 bridgehead atoms. The molecule has 1 rings (SSSR count). The van der Waals surface area contributed by atoms with Gasteiger partial charge in [-0.15, -0.1) is 0 Å². The molecule has 108 valence electrons. The molecular weight excluding hydrogens is 264 g/mol. The lowest BCUT2D eigenvalue weighted by Crippen LogP contribution is -2.24. The standard InChI is InChI=1S/C13H23ClN4O/c1-5-19-10-12-15-11(14)9-13(16-12)18(4)8-6-7-17(2)3/h9H,5-8,10H2,1-4H3. The topological polar surface area (TPSA) is 41.5 Å². The van der Waals surface area contributed by atoms with Crippen molar-refractivity contribution in [1.29, 1.82) is 0 Å². The van der Waals surface area contributed by atoms with Crippen LogP contribution in [0.2, 0.25) is 5.15 Å². The number of hydrogen-bond donors (Lipinski definition) is 0. The first kappa shape index (κ1) is 16.1. The van der Waals surface area contributed by atoms with Gasteiger partial charge in [0.2, 0.25) is 0 Å². The molecule has 0 unspecified atom stereocenters. The fraction of sp³-hybridized carbons (Fsp3) is 0.692. The summed E-state index contributed by atoms with van der Waals surface area (Å²) < 4.78 is 5.31. The first-order valence-electron chi connectivity index (χ1n) is 6.50. The van der Waals surface area contributed by atoms with Crippen LogP contribution in [-0.2, 0) is 11.3 Å². The zero-order chi connectivity index (χ0) is 14.3. The number of rotatable bonds is 8. The summed E-state index contributed by atoms with van der Waals surface area (Å²) in [7, 11) is 6.16. The van der Waals surface area contributed by atoms with Crippen LogP contribution in [0.25, 0.3) is 0 Å². The number of nitrogens with zero attached hydrogens (tertiary/aromatic N) is 4. The van der Waals surface area contributed by atoms with Gasteiger partial charge in [-0.3, -0.25) is 0 Å². The van der Waals surface area contributed by atoms with E-state index in [0.717, 1.165) is 25.3 Å². The molecule has 6 heteroatoms. The Morgan fingerprint density at radius 3 is 2.58 bits per heavy atom. The zero-order valence-corrected chi connectivity index (χ0v) is 12.9. The highest BCUT2D eigenvalue weighted by Gasteiger charge is 2.07. The molecule has 1 heterocycles. The molecule has 0 radical (unpaired) electrons. The number of halogens is 1. The minimum atomic E-state index is 0.398. The minimum absolute atomic E-state index is 0.398. The maximum atomic E-state index is 6.02. The van der Waals surface area contributed by atoms with E-state index >= 15 is 0 Å². The Morgan fingerprint density at radius 2 is 1.95 bits per heavy atom. The van der Waals surface area contributed by atoms with Crippen molar-refractivity contribution in [3.8, 4) is 0 Å². The van der Waals surface area contributed by atoms with Gasteiger partial charge in [0, 0.05) is 26.3 Å². The minimum Gasteiger partial charge on any atom is -0.374 e. The summed E-state index contributed by atoms with van der Waals surface area (Å²) in [5, 5.41) is 0.458. The summed E-state index contributed by atoms with van der Waals surface area (Å²) in [5.41, 5.74) is 0. The number of anilines is 1. The van der Waals surface area contributed by atoms with Crippen LogP contribution in [0.1, 0.15) is 19.2 Å². The summed E-state index contributed by atoms with van der Waals surface area (Å²) in [4.78, 5) is 12.9. The molecule has 1 aromatic rings. The summed E-state index contributed by atoms with van der Waals surface area (Å²) in [5.74, 6) is 1.47. The zero-order valence-electron chi connectivity index (χ0n) is 12.2. The van der Waals surface area contributed by atoms with Crippen molar-refractivity contribution in [3.05, 3.63) is 17.0 Å². The van der Waals surface area contributed by atoms with E-state index in [1.165, 1.54) is 0 Å². The van der Waals surface area contributed by atoms with Gasteiger partial charge in [-0.25, -0.2) is 9.97 Å². The van der Waals surface area contributed by atoms with Crippen LogP contribution in [0.5, 0.6) is 0 Å². The van der Waals surface area contributed by atoms with E-state index in [9.17, 15) is 0 Å². The van der Waals surface area contributed by atoms with Crippen LogP contribution in [0.15, 0.2) is 6.07 Å². The van der Waals surface area contributed by atoms with Crippen molar-refractivity contribution in [1.82, 2.24) is 14.9 Å². The van der Waals surface area contributed by atoms with Crippen molar-refractivity contribution < 1.29 is 4.74 Å². The fourth-order valence-corrected chi connectivity index (χ4v) is 1.84. The Bertz CT molecular complexity index is 387. The molecule has 0 aliphatic carbocycles. The molecule has 0 spiro atoms. The number of hydrogen-bond acceptors (Lipinski definition) is 5. The van der Waals surface area contributed by atoms with Crippen molar-refractivity contribution in [2.24, 2.45) is 0 Å². The molecule has 0 saturated carbocycles. The molecule has 0 fully saturated rings. The smallest absolute Gasteiger partial charge is 0.158 e. The highest BCUT2D eigenvalue weighted by atomic mass is 35.5. The van der Waals surface area contributed by atoms with Gasteiger partial charge in [0.25, 0.3) is 0 Å². The third-order valence-electron chi connectivity index (χ3n) is 2.65. The van der Waals surface area contributed by atoms with Crippen LogP contribution >= 0.6 is 11.6 Å². The number of aromatic nitrogens is 2. The van der Waals surface area contributed by atoms with Crippen molar-refractivity contribution in [2.75, 3.05) is 45.7 Å². The SMILES string of the molecule is CCOCc1nc(Cl)cc(N(C)CCCN(C)C)n1. The molecule has 0 saturated heterocycles. The molecule has 19 heavy (non-hydrogen) atoms. The van der Waals surface area contributed by atoms with Crippen LogP contribution < -0.4 is 4.90 Å². The fourth-order valence-electron chi connectivity index (χ4n) is 1.64. The van der Waals surface area contributed by atoms with E-state index in [4.69, 9.17) is 16.3 Å². The van der Waals surface area contributed by atoms with Crippen LogP contribution in [0.4, 0.5) is 5.82 Å². The van der Waals surface area contributed by atoms with Gasteiger partial charge in [-0.05, 0) is 34.0 Å². The van der Waals surface area contributed by atoms with E-state index in [0.29, 0.717) is 24.2 Å². The molecule has 5 nitrogen and oxygen atoms in total. The van der Waals surface area contributed by atoms with Gasteiger partial charge in [0.1, 0.15) is 17.6 Å². The second-order valence-corrected chi connectivity index (χ2v) is 5.07. The summed E-state index contributed by atoms with van der Waals surface area (Å²) in [6.45, 7) is 4.97. The molecule has 0 amide bonds. The summed E-state index contributed by atoms with van der Waals surface area (Å²) in [6, 6.07) is 1.78. The normalized spacial score (nSPS) is 11.1. The third-order valence-corrected chi connectivity index (χ3v) is 2.85. The van der Waals surface area contributed by atoms with Crippen LogP contribution in [0, 0.1) is 0 Å². The van der Waals surface area contributed by atoms with Gasteiger partial charge in [0.15, 0.2) is 5.82 Å². The highest BCUT2D eigenvalue weighted by Crippen LogP contribution is 2.15. The van der Waals surface area contributed by atoms with Crippen molar-refractivity contribution in [2.45, 2.75) is 20.0 Å². The lowest BCUT2D eigenvalue weighted by molar-refractivity contribution is 0.128. The third kappa shape index (κ3) is 6.18. The van der Waals surface area contributed by atoms with E-state index in [2.05, 4.69) is 33.9 Å². The average Bonchev–Trinajstić information content (AvgIpc) is 2.35. The number of ether oxygens (including phenoxy) is 1. The molecule has 0 aromatic carbocycles. The van der Waals surface area contributed by atoms with E-state index in [1.54, 1.807) is 6.07 Å². The Labute approximate surface area is 120 Å². The first-order valence-corrected chi connectivity index (χ1v) is 6.87. The second kappa shape index (κ2) is 8.30. The summed E-state index contributed by atoms with van der Waals surface area (Å²) in [6.07, 6.45) is 1.08. The summed E-state index contributed by atoms with van der Waals surface area (Å²) >= 11 is 6.02. The maximum absolute atomic E-state index is 6.02. The van der Waals surface area contributed by atoms with Crippen molar-refractivity contribution in [3.63, 3.8) is 0 Å². The second-order valence-electron chi connectivity index (χ2n) is 4.68.